The Balaban J connectivity index is 1.90. The molecule has 2 atom stereocenters. The number of carbonyl (C=O) groups is 1. The Labute approximate surface area is 180 Å². The number of hydrogen-bond acceptors (Lipinski definition) is 6. The Kier molecular flexibility index (Phi) is 6.68. The number of nitrogens with zero attached hydrogens (tertiary/aromatic N) is 3. The molecule has 10 heteroatoms. The van der Waals surface area contributed by atoms with Gasteiger partial charge in [0.25, 0.3) is 5.91 Å². The summed E-state index contributed by atoms with van der Waals surface area (Å²) in [6, 6.07) is 8.19. The average molecular weight is 450 g/mol. The molecule has 0 spiro atoms. The minimum absolute atomic E-state index is 0.0444. The summed E-state index contributed by atoms with van der Waals surface area (Å²) in [5, 5.41) is 4.59. The second kappa shape index (κ2) is 9.09. The number of carbonyl (C=O) groups excluding carboxylic acids is 1. The highest BCUT2D eigenvalue weighted by molar-refractivity contribution is 7.96. The number of para-hydroxylation sites is 1. The van der Waals surface area contributed by atoms with Gasteiger partial charge in [-0.3, -0.25) is 13.9 Å². The third-order valence-electron chi connectivity index (χ3n) is 4.71. The lowest BCUT2D eigenvalue weighted by molar-refractivity contribution is 0.00707. The highest BCUT2D eigenvalue weighted by Crippen LogP contribution is 2.34. The first-order chi connectivity index (χ1) is 14.6. The van der Waals surface area contributed by atoms with Crippen LogP contribution in [-0.2, 0) is 15.5 Å². The molecule has 1 amide bonds. The van der Waals surface area contributed by atoms with Crippen LogP contribution in [-0.4, -0.2) is 35.2 Å². The minimum Gasteiger partial charge on any atom is -0.438 e. The van der Waals surface area contributed by atoms with E-state index < -0.39 is 27.3 Å². The number of aromatic nitrogens is 2. The van der Waals surface area contributed by atoms with Crippen molar-refractivity contribution in [1.29, 1.82) is 4.78 Å². The van der Waals surface area contributed by atoms with Gasteiger partial charge < -0.3 is 10.1 Å². The van der Waals surface area contributed by atoms with E-state index in [1.165, 1.54) is 0 Å². The lowest BCUT2D eigenvalue weighted by Crippen LogP contribution is -2.35. The molecular formula is C21H25F2N5O2S. The molecule has 1 aliphatic rings. The number of ether oxygens (including phenoxy) is 1. The molecule has 2 N–H and O–H groups in total. The normalized spacial score (nSPS) is 17.1. The smallest absolute Gasteiger partial charge is 0.303 e. The monoisotopic (exact) mass is 449 g/mol. The summed E-state index contributed by atoms with van der Waals surface area (Å²) in [4.78, 5) is 20.5. The van der Waals surface area contributed by atoms with Gasteiger partial charge in [0.1, 0.15) is 11.3 Å². The molecule has 1 saturated carbocycles. The van der Waals surface area contributed by atoms with E-state index in [0.29, 0.717) is 12.7 Å². The van der Waals surface area contributed by atoms with Crippen molar-refractivity contribution in [2.75, 3.05) is 13.3 Å². The van der Waals surface area contributed by atoms with Gasteiger partial charge in [-0.25, -0.2) is 4.98 Å². The minimum atomic E-state index is -3.28. The van der Waals surface area contributed by atoms with Crippen molar-refractivity contribution < 1.29 is 18.3 Å². The maximum absolute atomic E-state index is 13.8. The Morgan fingerprint density at radius 2 is 2.06 bits per heavy atom. The van der Waals surface area contributed by atoms with Crippen molar-refractivity contribution in [3.63, 3.8) is 0 Å². The standard InChI is InChI=1S/C21H25F2N5O2S/c1-21(22,23)20-26-13-16(19(28-20)30-15-7-5-4-6-8-15)18(29)27-17(14-9-10-14)11-12-31(3,24)25-2/h4-8,11-14,17,24H,9-10H2,1-3H3,(H,27,29)/b12-11+. The number of amides is 1. The van der Waals surface area contributed by atoms with Crippen LogP contribution in [0, 0.1) is 10.7 Å². The quantitative estimate of drug-likeness (QED) is 0.607. The molecule has 0 radical (unpaired) electrons. The number of benzene rings is 1. The summed E-state index contributed by atoms with van der Waals surface area (Å²) in [6.07, 6.45) is 6.47. The SMILES string of the molecule is CN=S(C)(=N)/C=C/C(NC(=O)c1cnc(C(C)(F)F)nc1Oc1ccccc1)C1CC1. The van der Waals surface area contributed by atoms with Gasteiger partial charge in [0, 0.05) is 26.4 Å². The first kappa shape index (κ1) is 22.8. The van der Waals surface area contributed by atoms with Crippen LogP contribution in [0.25, 0.3) is 0 Å². The summed E-state index contributed by atoms with van der Waals surface area (Å²) in [5.74, 6) is -4.18. The predicted octanol–water partition coefficient (Wildman–Crippen LogP) is 4.76. The summed E-state index contributed by atoms with van der Waals surface area (Å²) >= 11 is 0. The second-order valence-corrected chi connectivity index (χ2v) is 10.0. The van der Waals surface area contributed by atoms with Crippen LogP contribution in [0.5, 0.6) is 11.6 Å². The van der Waals surface area contributed by atoms with Crippen molar-refractivity contribution in [2.24, 2.45) is 10.3 Å². The second-order valence-electron chi connectivity index (χ2n) is 7.50. The summed E-state index contributed by atoms with van der Waals surface area (Å²) in [5.41, 5.74) is -0.0444. The Morgan fingerprint density at radius 1 is 1.39 bits per heavy atom. The third-order valence-corrected chi connectivity index (χ3v) is 6.15. The zero-order valence-corrected chi connectivity index (χ0v) is 18.3. The lowest BCUT2D eigenvalue weighted by Gasteiger charge is -2.17. The van der Waals surface area contributed by atoms with Crippen molar-refractivity contribution >= 4 is 15.5 Å². The summed E-state index contributed by atoms with van der Waals surface area (Å²) in [6.45, 7) is 0.682. The maximum Gasteiger partial charge on any atom is 0.303 e. The molecule has 166 valence electrons. The Hall–Kier alpha value is -2.88. The van der Waals surface area contributed by atoms with E-state index in [9.17, 15) is 13.6 Å². The lowest BCUT2D eigenvalue weighted by atomic mass is 10.1. The highest BCUT2D eigenvalue weighted by atomic mass is 32.2. The molecule has 0 saturated heterocycles. The van der Waals surface area contributed by atoms with E-state index in [-0.39, 0.29) is 23.4 Å². The fraction of sp³-hybridized carbons (Fsp3) is 0.381. The van der Waals surface area contributed by atoms with Gasteiger partial charge in [-0.15, -0.1) is 0 Å². The topological polar surface area (TPSA) is 100 Å². The van der Waals surface area contributed by atoms with Gasteiger partial charge in [0.05, 0.1) is 6.04 Å². The molecule has 1 heterocycles. The third kappa shape index (κ3) is 6.30. The number of rotatable bonds is 8. The summed E-state index contributed by atoms with van der Waals surface area (Å²) in [7, 11) is -0.391. The van der Waals surface area contributed by atoms with Crippen LogP contribution in [0.2, 0.25) is 0 Å². The molecule has 31 heavy (non-hydrogen) atoms. The van der Waals surface area contributed by atoms with E-state index in [1.54, 1.807) is 55.1 Å². The average Bonchev–Trinajstić information content (AvgIpc) is 3.56. The maximum atomic E-state index is 13.8. The molecule has 0 bridgehead atoms. The largest absolute Gasteiger partial charge is 0.438 e. The van der Waals surface area contributed by atoms with Crippen molar-refractivity contribution in [3.8, 4) is 11.6 Å². The molecule has 2 unspecified atom stereocenters. The van der Waals surface area contributed by atoms with Crippen LogP contribution in [0.3, 0.4) is 0 Å². The van der Waals surface area contributed by atoms with Crippen LogP contribution in [0.1, 0.15) is 35.9 Å². The van der Waals surface area contributed by atoms with Gasteiger partial charge in [-0.05, 0) is 45.9 Å². The van der Waals surface area contributed by atoms with E-state index in [2.05, 4.69) is 19.6 Å². The number of nitrogens with one attached hydrogen (secondary N) is 2. The van der Waals surface area contributed by atoms with Crippen LogP contribution in [0.4, 0.5) is 8.78 Å². The molecule has 7 nitrogen and oxygen atoms in total. The van der Waals surface area contributed by atoms with E-state index >= 15 is 0 Å². The molecule has 1 aromatic heterocycles. The van der Waals surface area contributed by atoms with Crippen LogP contribution in [0.15, 0.2) is 52.4 Å². The van der Waals surface area contributed by atoms with Gasteiger partial charge in [-0.1, -0.05) is 24.3 Å². The van der Waals surface area contributed by atoms with Crippen LogP contribution < -0.4 is 10.1 Å². The molecule has 1 aromatic carbocycles. The molecular weight excluding hydrogens is 424 g/mol. The summed E-state index contributed by atoms with van der Waals surface area (Å²) < 4.78 is 45.3. The van der Waals surface area contributed by atoms with E-state index in [0.717, 1.165) is 19.0 Å². The highest BCUT2D eigenvalue weighted by Gasteiger charge is 2.33. The van der Waals surface area contributed by atoms with Gasteiger partial charge in [-0.2, -0.15) is 13.8 Å². The Bertz CT molecular complexity index is 1090. The predicted molar refractivity (Wildman–Crippen MR) is 116 cm³/mol. The van der Waals surface area contributed by atoms with Crippen molar-refractivity contribution in [1.82, 2.24) is 15.3 Å². The molecule has 0 aliphatic heterocycles. The molecule has 1 aliphatic carbocycles. The zero-order chi connectivity index (χ0) is 22.6. The zero-order valence-electron chi connectivity index (χ0n) is 17.5. The first-order valence-electron chi connectivity index (χ1n) is 9.70. The fourth-order valence-corrected chi connectivity index (χ4v) is 3.31. The van der Waals surface area contributed by atoms with Crippen molar-refractivity contribution in [3.05, 3.63) is 59.4 Å². The molecule has 2 aromatic rings. The van der Waals surface area contributed by atoms with E-state index in [4.69, 9.17) is 9.52 Å². The number of alkyl halides is 2. The van der Waals surface area contributed by atoms with Gasteiger partial charge in [0.15, 0.2) is 0 Å². The van der Waals surface area contributed by atoms with Gasteiger partial charge >= 0.3 is 5.92 Å². The van der Waals surface area contributed by atoms with E-state index in [1.807, 2.05) is 0 Å². The first-order valence-corrected chi connectivity index (χ1v) is 11.8. The molecule has 1 fully saturated rings. The van der Waals surface area contributed by atoms with Gasteiger partial charge in [0.2, 0.25) is 11.7 Å². The number of halogens is 2. The molecule has 3 rings (SSSR count). The van der Waals surface area contributed by atoms with Crippen molar-refractivity contribution in [2.45, 2.75) is 31.7 Å². The van der Waals surface area contributed by atoms with Crippen LogP contribution >= 0.6 is 0 Å². The number of hydrogen-bond donors (Lipinski definition) is 2. The fourth-order valence-electron chi connectivity index (χ4n) is 2.72. The Morgan fingerprint density at radius 3 is 2.65 bits per heavy atom.